The van der Waals surface area contributed by atoms with Crippen LogP contribution >= 0.6 is 11.3 Å². The van der Waals surface area contributed by atoms with E-state index in [0.29, 0.717) is 53.3 Å². The first kappa shape index (κ1) is 23.2. The van der Waals surface area contributed by atoms with E-state index >= 15 is 0 Å². The van der Waals surface area contributed by atoms with Gasteiger partial charge in [-0.15, -0.1) is 11.3 Å². The second-order valence-corrected chi connectivity index (χ2v) is 10.3. The van der Waals surface area contributed by atoms with Crippen molar-refractivity contribution in [1.82, 2.24) is 25.2 Å². The van der Waals surface area contributed by atoms with Crippen LogP contribution in [-0.2, 0) is 9.59 Å². The van der Waals surface area contributed by atoms with Gasteiger partial charge in [0.15, 0.2) is 0 Å². The van der Waals surface area contributed by atoms with Gasteiger partial charge in [-0.3, -0.25) is 14.9 Å². The predicted molar refractivity (Wildman–Crippen MR) is 141 cm³/mol. The SMILES string of the molecule is CN(CC1CCN(c2nc(C3=C(c4c[nH]c5sccc45)C(=O)NC3=O)c3ccccc3n2)CC1)C(=O)O. The van der Waals surface area contributed by atoms with E-state index in [0.717, 1.165) is 23.1 Å². The molecular formula is C26H24N6O4S. The van der Waals surface area contributed by atoms with Crippen molar-refractivity contribution in [1.29, 1.82) is 0 Å². The average Bonchev–Trinajstić information content (AvgIpc) is 3.58. The number of benzene rings is 1. The van der Waals surface area contributed by atoms with Crippen LogP contribution < -0.4 is 10.2 Å². The van der Waals surface area contributed by atoms with E-state index in [1.807, 2.05) is 35.7 Å². The fraction of sp³-hybridized carbons (Fsp3) is 0.269. The summed E-state index contributed by atoms with van der Waals surface area (Å²) in [5.74, 6) is -0.173. The minimum Gasteiger partial charge on any atom is -0.465 e. The van der Waals surface area contributed by atoms with Gasteiger partial charge in [0, 0.05) is 49.2 Å². The average molecular weight is 517 g/mol. The number of imide groups is 1. The molecule has 3 amide bonds. The van der Waals surface area contributed by atoms with Crippen LogP contribution in [0.3, 0.4) is 0 Å². The number of para-hydroxylation sites is 1. The molecule has 0 spiro atoms. The van der Waals surface area contributed by atoms with Gasteiger partial charge in [-0.2, -0.15) is 0 Å². The zero-order valence-electron chi connectivity index (χ0n) is 20.0. The van der Waals surface area contributed by atoms with Crippen molar-refractivity contribution >= 4 is 67.5 Å². The highest BCUT2D eigenvalue weighted by molar-refractivity contribution is 7.16. The molecule has 5 heterocycles. The van der Waals surface area contributed by atoms with E-state index in [2.05, 4.69) is 15.2 Å². The van der Waals surface area contributed by atoms with E-state index < -0.39 is 17.9 Å². The molecular weight excluding hydrogens is 492 g/mol. The number of anilines is 1. The zero-order valence-corrected chi connectivity index (χ0v) is 20.8. The van der Waals surface area contributed by atoms with Gasteiger partial charge in [0.25, 0.3) is 11.8 Å². The number of hydrogen-bond acceptors (Lipinski definition) is 7. The molecule has 10 nitrogen and oxygen atoms in total. The number of aromatic nitrogens is 3. The lowest BCUT2D eigenvalue weighted by Crippen LogP contribution is -2.39. The number of carbonyl (C=O) groups is 3. The summed E-state index contributed by atoms with van der Waals surface area (Å²) in [5.41, 5.74) is 2.33. The predicted octanol–water partition coefficient (Wildman–Crippen LogP) is 3.57. The highest BCUT2D eigenvalue weighted by Crippen LogP contribution is 2.38. The van der Waals surface area contributed by atoms with Crippen molar-refractivity contribution in [3.8, 4) is 0 Å². The number of fused-ring (bicyclic) bond motifs is 2. The summed E-state index contributed by atoms with van der Waals surface area (Å²) >= 11 is 1.53. The van der Waals surface area contributed by atoms with Gasteiger partial charge in [-0.1, -0.05) is 18.2 Å². The topological polar surface area (TPSA) is 132 Å². The molecule has 0 saturated carbocycles. The Morgan fingerprint density at radius 2 is 1.86 bits per heavy atom. The monoisotopic (exact) mass is 516 g/mol. The Kier molecular flexibility index (Phi) is 5.64. The third-order valence-electron chi connectivity index (χ3n) is 7.09. The van der Waals surface area contributed by atoms with Crippen LogP contribution in [0.4, 0.5) is 10.7 Å². The number of carbonyl (C=O) groups excluding carboxylic acids is 2. The van der Waals surface area contributed by atoms with Gasteiger partial charge in [0.2, 0.25) is 5.95 Å². The number of rotatable bonds is 5. The Hall–Kier alpha value is -4.25. The third kappa shape index (κ3) is 4.01. The fourth-order valence-corrected chi connectivity index (χ4v) is 5.94. The molecule has 0 bridgehead atoms. The lowest BCUT2D eigenvalue weighted by atomic mass is 9.96. The number of carboxylic acid groups (broad SMARTS) is 1. The summed E-state index contributed by atoms with van der Waals surface area (Å²) in [6.45, 7) is 1.82. The van der Waals surface area contributed by atoms with E-state index in [4.69, 9.17) is 9.97 Å². The molecule has 0 atom stereocenters. The van der Waals surface area contributed by atoms with Gasteiger partial charge in [-0.25, -0.2) is 14.8 Å². The molecule has 3 N–H and O–H groups in total. The molecule has 3 aromatic heterocycles. The Bertz CT molecular complexity index is 1600. The molecule has 0 aliphatic carbocycles. The van der Waals surface area contributed by atoms with Crippen molar-refractivity contribution in [2.24, 2.45) is 5.92 Å². The van der Waals surface area contributed by atoms with Crippen LogP contribution in [0.2, 0.25) is 0 Å². The van der Waals surface area contributed by atoms with E-state index in [-0.39, 0.29) is 11.5 Å². The summed E-state index contributed by atoms with van der Waals surface area (Å²) in [6, 6.07) is 9.41. The number of aromatic amines is 1. The van der Waals surface area contributed by atoms with Crippen LogP contribution in [0.5, 0.6) is 0 Å². The van der Waals surface area contributed by atoms with Crippen LogP contribution in [0.1, 0.15) is 24.1 Å². The van der Waals surface area contributed by atoms with Crippen molar-refractivity contribution in [2.45, 2.75) is 12.8 Å². The molecule has 188 valence electrons. The lowest BCUT2D eigenvalue weighted by molar-refractivity contribution is -0.122. The molecule has 2 aliphatic rings. The summed E-state index contributed by atoms with van der Waals surface area (Å²) in [4.78, 5) is 54.6. The number of nitrogens with zero attached hydrogens (tertiary/aromatic N) is 4. The summed E-state index contributed by atoms with van der Waals surface area (Å²) in [5, 5.41) is 15.2. The van der Waals surface area contributed by atoms with Crippen LogP contribution in [0.15, 0.2) is 41.9 Å². The third-order valence-corrected chi connectivity index (χ3v) is 7.93. The maximum atomic E-state index is 13.2. The second-order valence-electron chi connectivity index (χ2n) is 9.38. The number of piperidine rings is 1. The maximum absolute atomic E-state index is 13.2. The van der Waals surface area contributed by atoms with Gasteiger partial charge in [0.1, 0.15) is 4.83 Å². The molecule has 1 fully saturated rings. The molecule has 2 aliphatic heterocycles. The quantitative estimate of drug-likeness (QED) is 0.346. The molecule has 6 rings (SSSR count). The van der Waals surface area contributed by atoms with E-state index in [9.17, 15) is 19.5 Å². The van der Waals surface area contributed by atoms with E-state index in [1.54, 1.807) is 13.2 Å². The minimum absolute atomic E-state index is 0.245. The number of H-pyrrole nitrogens is 1. The number of thiophene rings is 1. The molecule has 1 aromatic carbocycles. The normalized spacial score (nSPS) is 16.7. The first-order valence-corrected chi connectivity index (χ1v) is 12.9. The first-order valence-electron chi connectivity index (χ1n) is 12.0. The summed E-state index contributed by atoms with van der Waals surface area (Å²) < 4.78 is 0. The van der Waals surface area contributed by atoms with Crippen LogP contribution in [0.25, 0.3) is 32.3 Å². The minimum atomic E-state index is -0.930. The Labute approximate surface area is 215 Å². The van der Waals surface area contributed by atoms with Gasteiger partial charge < -0.3 is 19.9 Å². The Morgan fingerprint density at radius 3 is 2.65 bits per heavy atom. The van der Waals surface area contributed by atoms with Crippen LogP contribution in [0, 0.1) is 5.92 Å². The molecule has 1 saturated heterocycles. The number of amides is 3. The maximum Gasteiger partial charge on any atom is 0.407 e. The van der Waals surface area contributed by atoms with Crippen molar-refractivity contribution < 1.29 is 19.5 Å². The largest absolute Gasteiger partial charge is 0.465 e. The van der Waals surface area contributed by atoms with Gasteiger partial charge >= 0.3 is 6.09 Å². The van der Waals surface area contributed by atoms with Crippen LogP contribution in [-0.4, -0.2) is 69.5 Å². The van der Waals surface area contributed by atoms with Gasteiger partial charge in [-0.05, 0) is 36.3 Å². The molecule has 0 radical (unpaired) electrons. The first-order chi connectivity index (χ1) is 17.9. The molecule has 0 unspecified atom stereocenters. The number of hydrogen-bond donors (Lipinski definition) is 3. The Balaban J connectivity index is 1.42. The Morgan fingerprint density at radius 1 is 1.11 bits per heavy atom. The van der Waals surface area contributed by atoms with Crippen molar-refractivity contribution in [2.75, 3.05) is 31.6 Å². The van der Waals surface area contributed by atoms with Crippen molar-refractivity contribution in [3.63, 3.8) is 0 Å². The smallest absolute Gasteiger partial charge is 0.407 e. The van der Waals surface area contributed by atoms with Crippen molar-refractivity contribution in [3.05, 3.63) is 53.2 Å². The lowest BCUT2D eigenvalue weighted by Gasteiger charge is -2.33. The highest BCUT2D eigenvalue weighted by Gasteiger charge is 2.36. The standard InChI is InChI=1S/C26H24N6O4S/c1-31(26(35)36)13-14-6-9-32(10-7-14)25-28-18-5-3-2-4-16(18)21(29-25)20-19(22(33)30-23(20)34)17-12-27-24-15(17)8-11-37-24/h2-5,8,11-12,14,27H,6-7,9-10,13H2,1H3,(H,35,36)(H,30,33,34). The molecule has 11 heteroatoms. The second kappa shape index (κ2) is 9.00. The summed E-state index contributed by atoms with van der Waals surface area (Å²) in [7, 11) is 1.58. The summed E-state index contributed by atoms with van der Waals surface area (Å²) in [6.07, 6.45) is 2.43. The van der Waals surface area contributed by atoms with Gasteiger partial charge in [0.05, 0.1) is 22.4 Å². The molecule has 37 heavy (non-hydrogen) atoms. The zero-order chi connectivity index (χ0) is 25.7. The van der Waals surface area contributed by atoms with E-state index in [1.165, 1.54) is 16.2 Å². The highest BCUT2D eigenvalue weighted by atomic mass is 32.1. The number of nitrogens with one attached hydrogen (secondary N) is 2. The fourth-order valence-electron chi connectivity index (χ4n) is 5.17. The molecule has 4 aromatic rings.